The van der Waals surface area contributed by atoms with Crippen molar-refractivity contribution in [3.05, 3.63) is 92.9 Å². The molecule has 0 bridgehead atoms. The zero-order valence-corrected chi connectivity index (χ0v) is 22.0. The van der Waals surface area contributed by atoms with Crippen molar-refractivity contribution in [3.8, 4) is 5.75 Å². The van der Waals surface area contributed by atoms with Gasteiger partial charge in [0.15, 0.2) is 17.3 Å². The highest BCUT2D eigenvalue weighted by Crippen LogP contribution is 2.45. The second-order valence-corrected chi connectivity index (χ2v) is 10.2. The molecule has 1 amide bonds. The smallest absolute Gasteiger partial charge is 0.451 e. The maximum Gasteiger partial charge on any atom is 0.510 e. The maximum atomic E-state index is 15.3. The van der Waals surface area contributed by atoms with Gasteiger partial charge in [0.25, 0.3) is 5.91 Å². The zero-order valence-electron chi connectivity index (χ0n) is 21.2. The molecule has 3 aliphatic rings. The van der Waals surface area contributed by atoms with Gasteiger partial charge in [-0.15, -0.1) is 11.8 Å². The topological polar surface area (TPSA) is 99.5 Å². The summed E-state index contributed by atoms with van der Waals surface area (Å²) in [6.07, 6.45) is -0.238. The lowest BCUT2D eigenvalue weighted by atomic mass is 9.93. The van der Waals surface area contributed by atoms with Crippen LogP contribution in [0.5, 0.6) is 5.75 Å². The van der Waals surface area contributed by atoms with E-state index in [9.17, 15) is 18.8 Å². The molecule has 0 aliphatic carbocycles. The van der Waals surface area contributed by atoms with Gasteiger partial charge in [-0.05, 0) is 23.3 Å². The Balaban J connectivity index is 1.58. The Morgan fingerprint density at radius 1 is 1.12 bits per heavy atom. The van der Waals surface area contributed by atoms with Crippen LogP contribution in [-0.4, -0.2) is 61.5 Å². The summed E-state index contributed by atoms with van der Waals surface area (Å²) in [4.78, 5) is 40.6. The van der Waals surface area contributed by atoms with Gasteiger partial charge in [0.05, 0.1) is 26.4 Å². The first-order valence-corrected chi connectivity index (χ1v) is 13.3. The Morgan fingerprint density at radius 2 is 1.95 bits per heavy atom. The fourth-order valence-electron chi connectivity index (χ4n) is 5.31. The molecule has 1 aromatic heterocycles. The number of fused-ring (bicyclic) bond motifs is 4. The number of carbonyl (C=O) groups is 2. The molecule has 3 aliphatic heterocycles. The first-order chi connectivity index (χ1) is 19.4. The summed E-state index contributed by atoms with van der Waals surface area (Å²) in [6, 6.07) is 10.7. The number of carbonyl (C=O) groups excluding carboxylic acids is 2. The molecular formula is C27H23F2N3O7S. The maximum absolute atomic E-state index is 15.3. The van der Waals surface area contributed by atoms with Crippen LogP contribution < -0.4 is 15.2 Å². The summed E-state index contributed by atoms with van der Waals surface area (Å²) < 4.78 is 51.7. The summed E-state index contributed by atoms with van der Waals surface area (Å²) in [6.45, 7) is -0.0595. The Kier molecular flexibility index (Phi) is 6.84. The molecule has 1 unspecified atom stereocenters. The van der Waals surface area contributed by atoms with Crippen LogP contribution in [0.2, 0.25) is 0 Å². The average Bonchev–Trinajstić information content (AvgIpc) is 3.13. The predicted octanol–water partition coefficient (Wildman–Crippen LogP) is 3.39. The minimum atomic E-state index is -1.02. The van der Waals surface area contributed by atoms with Crippen molar-refractivity contribution in [2.75, 3.05) is 38.7 Å². The zero-order chi connectivity index (χ0) is 28.0. The molecule has 2 aromatic carbocycles. The van der Waals surface area contributed by atoms with Crippen LogP contribution in [0.3, 0.4) is 0 Å². The van der Waals surface area contributed by atoms with Gasteiger partial charge in [-0.3, -0.25) is 19.3 Å². The molecule has 4 heterocycles. The quantitative estimate of drug-likeness (QED) is 0.345. The standard InChI is InChI=1S/C27H23F2N3O7S/c1-36-27(35)39-14-38-25-19(33)8-9-31-24(25)26(34)30-10-11-37-12-21(30)32(31)23-15-6-7-18(28)22(29)17(15)13-40-20-5-3-2-4-16(20)23/h2-9,21,23H,10-14H2,1H3/t21?,23-/m0/s1. The molecule has 0 radical (unpaired) electrons. The van der Waals surface area contributed by atoms with E-state index in [1.807, 2.05) is 29.3 Å². The second kappa shape index (κ2) is 10.5. The van der Waals surface area contributed by atoms with Crippen LogP contribution in [0.15, 0.2) is 58.4 Å². The normalized spacial score (nSPS) is 19.5. The number of nitrogens with zero attached hydrogens (tertiary/aromatic N) is 3. The van der Waals surface area contributed by atoms with Gasteiger partial charge in [0.2, 0.25) is 18.0 Å². The Labute approximate surface area is 230 Å². The number of pyridine rings is 1. The van der Waals surface area contributed by atoms with E-state index in [0.29, 0.717) is 5.56 Å². The second-order valence-electron chi connectivity index (χ2n) is 9.16. The van der Waals surface area contributed by atoms with Crippen molar-refractivity contribution >= 4 is 23.8 Å². The lowest BCUT2D eigenvalue weighted by Gasteiger charge is -2.51. The van der Waals surface area contributed by atoms with Crippen LogP contribution >= 0.6 is 11.8 Å². The van der Waals surface area contributed by atoms with Crippen LogP contribution in [0, 0.1) is 11.6 Å². The van der Waals surface area contributed by atoms with Crippen molar-refractivity contribution in [3.63, 3.8) is 0 Å². The molecule has 6 rings (SSSR count). The lowest BCUT2D eigenvalue weighted by Crippen LogP contribution is -2.66. The molecule has 40 heavy (non-hydrogen) atoms. The fraction of sp³-hybridized carbons (Fsp3) is 0.296. The van der Waals surface area contributed by atoms with E-state index in [1.165, 1.54) is 28.7 Å². The lowest BCUT2D eigenvalue weighted by molar-refractivity contribution is -0.0209. The van der Waals surface area contributed by atoms with Crippen molar-refractivity contribution in [1.82, 2.24) is 9.58 Å². The van der Waals surface area contributed by atoms with E-state index in [1.54, 1.807) is 11.0 Å². The number of hydrogen-bond donors (Lipinski definition) is 0. The molecule has 1 saturated heterocycles. The molecule has 0 N–H and O–H groups in total. The summed E-state index contributed by atoms with van der Waals surface area (Å²) in [7, 11) is 1.12. The van der Waals surface area contributed by atoms with Gasteiger partial charge in [0.1, 0.15) is 6.17 Å². The van der Waals surface area contributed by atoms with Crippen molar-refractivity contribution < 1.29 is 37.3 Å². The monoisotopic (exact) mass is 571 g/mol. The molecule has 0 spiro atoms. The van der Waals surface area contributed by atoms with Crippen LogP contribution in [0.4, 0.5) is 13.6 Å². The number of morpholine rings is 1. The van der Waals surface area contributed by atoms with Crippen LogP contribution in [0.1, 0.15) is 33.2 Å². The SMILES string of the molecule is COC(=O)OCOc1c2n(ccc1=O)N([C@@H]1c3ccccc3SCc3c1ccc(F)c3F)C1COCCN1C2=O. The minimum absolute atomic E-state index is 0.0994. The number of rotatable bonds is 4. The number of benzene rings is 2. The van der Waals surface area contributed by atoms with E-state index in [4.69, 9.17) is 14.2 Å². The number of halogens is 2. The van der Waals surface area contributed by atoms with Crippen LogP contribution in [-0.2, 0) is 20.0 Å². The van der Waals surface area contributed by atoms with Gasteiger partial charge < -0.3 is 23.8 Å². The van der Waals surface area contributed by atoms with Gasteiger partial charge in [0, 0.05) is 35.0 Å². The molecular weight excluding hydrogens is 548 g/mol. The van der Waals surface area contributed by atoms with Gasteiger partial charge in [-0.1, -0.05) is 24.3 Å². The summed E-state index contributed by atoms with van der Waals surface area (Å²) >= 11 is 1.39. The third-order valence-electron chi connectivity index (χ3n) is 7.08. The summed E-state index contributed by atoms with van der Waals surface area (Å²) in [5, 5.41) is 1.82. The highest BCUT2D eigenvalue weighted by molar-refractivity contribution is 7.98. The fourth-order valence-corrected chi connectivity index (χ4v) is 6.42. The number of thioether (sulfide) groups is 1. The van der Waals surface area contributed by atoms with Crippen molar-refractivity contribution in [2.24, 2.45) is 0 Å². The van der Waals surface area contributed by atoms with Crippen LogP contribution in [0.25, 0.3) is 0 Å². The van der Waals surface area contributed by atoms with E-state index >= 15 is 4.39 Å². The molecule has 1 fully saturated rings. The Morgan fingerprint density at radius 3 is 2.77 bits per heavy atom. The molecule has 0 saturated carbocycles. The minimum Gasteiger partial charge on any atom is -0.451 e. The number of methoxy groups -OCH3 is 1. The predicted molar refractivity (Wildman–Crippen MR) is 138 cm³/mol. The van der Waals surface area contributed by atoms with Gasteiger partial charge >= 0.3 is 6.16 Å². The third-order valence-corrected chi connectivity index (χ3v) is 8.20. The molecule has 10 nitrogen and oxygen atoms in total. The molecule has 3 aromatic rings. The van der Waals surface area contributed by atoms with Crippen molar-refractivity contribution in [1.29, 1.82) is 0 Å². The highest BCUT2D eigenvalue weighted by atomic mass is 32.2. The number of hydrogen-bond acceptors (Lipinski definition) is 9. The molecule has 208 valence electrons. The molecule has 13 heteroatoms. The number of ether oxygens (including phenoxy) is 4. The Hall–Kier alpha value is -4.10. The van der Waals surface area contributed by atoms with E-state index in [0.717, 1.165) is 23.6 Å². The average molecular weight is 572 g/mol. The third kappa shape index (κ3) is 4.25. The number of aromatic nitrogens is 1. The summed E-state index contributed by atoms with van der Waals surface area (Å²) in [5.41, 5.74) is 0.815. The highest BCUT2D eigenvalue weighted by Gasteiger charge is 2.46. The van der Waals surface area contributed by atoms with E-state index in [2.05, 4.69) is 4.74 Å². The van der Waals surface area contributed by atoms with Gasteiger partial charge in [-0.25, -0.2) is 13.6 Å². The summed E-state index contributed by atoms with van der Waals surface area (Å²) in [5.74, 6) is -2.51. The largest absolute Gasteiger partial charge is 0.510 e. The number of amides is 1. The first-order valence-electron chi connectivity index (χ1n) is 12.4. The first kappa shape index (κ1) is 26.1. The van der Waals surface area contributed by atoms with Gasteiger partial charge in [-0.2, -0.15) is 0 Å². The van der Waals surface area contributed by atoms with E-state index in [-0.39, 0.29) is 42.5 Å². The molecule has 2 atom stereocenters. The van der Waals surface area contributed by atoms with Crippen molar-refractivity contribution in [2.45, 2.75) is 22.9 Å². The van der Waals surface area contributed by atoms with E-state index < -0.39 is 48.1 Å². The Bertz CT molecular complexity index is 1570.